The molecule has 0 unspecified atom stereocenters. The molecule has 2 aliphatic rings. The zero-order chi connectivity index (χ0) is 10.1. The van der Waals surface area contributed by atoms with E-state index in [-0.39, 0.29) is 0 Å². The fourth-order valence-corrected chi connectivity index (χ4v) is 3.64. The highest BCUT2D eigenvalue weighted by molar-refractivity contribution is 7.20. The molecular formula is C12H18N2S. The Morgan fingerprint density at radius 1 is 0.733 bits per heavy atom. The molecule has 3 heteroatoms. The van der Waals surface area contributed by atoms with Crippen molar-refractivity contribution < 1.29 is 0 Å². The van der Waals surface area contributed by atoms with Gasteiger partial charge in [-0.15, -0.1) is 11.3 Å². The third-order valence-electron chi connectivity index (χ3n) is 3.41. The van der Waals surface area contributed by atoms with Crippen LogP contribution < -0.4 is 9.80 Å². The Hall–Kier alpha value is -0.700. The molecule has 0 saturated carbocycles. The van der Waals surface area contributed by atoms with Crippen molar-refractivity contribution in [3.05, 3.63) is 12.1 Å². The van der Waals surface area contributed by atoms with Gasteiger partial charge in [-0.2, -0.15) is 0 Å². The summed E-state index contributed by atoms with van der Waals surface area (Å²) >= 11 is 1.98. The fraction of sp³-hybridized carbons (Fsp3) is 0.667. The van der Waals surface area contributed by atoms with Gasteiger partial charge in [-0.05, 0) is 37.8 Å². The smallest absolute Gasteiger partial charge is 0.0930 e. The van der Waals surface area contributed by atoms with Crippen LogP contribution in [-0.2, 0) is 0 Å². The van der Waals surface area contributed by atoms with Gasteiger partial charge in [0.1, 0.15) is 0 Å². The van der Waals surface area contributed by atoms with Gasteiger partial charge in [0.15, 0.2) is 0 Å². The minimum Gasteiger partial charge on any atom is -0.363 e. The lowest BCUT2D eigenvalue weighted by molar-refractivity contribution is 0.949. The lowest BCUT2D eigenvalue weighted by Gasteiger charge is -2.16. The van der Waals surface area contributed by atoms with Crippen LogP contribution in [0.25, 0.3) is 0 Å². The van der Waals surface area contributed by atoms with Crippen LogP contribution in [-0.4, -0.2) is 26.2 Å². The van der Waals surface area contributed by atoms with Gasteiger partial charge in [-0.1, -0.05) is 0 Å². The zero-order valence-corrected chi connectivity index (χ0v) is 9.93. The van der Waals surface area contributed by atoms with Gasteiger partial charge in [0, 0.05) is 26.2 Å². The van der Waals surface area contributed by atoms with Crippen LogP contribution in [0.5, 0.6) is 0 Å². The molecule has 0 spiro atoms. The molecule has 2 nitrogen and oxygen atoms in total. The summed E-state index contributed by atoms with van der Waals surface area (Å²) in [6, 6.07) is 4.62. The largest absolute Gasteiger partial charge is 0.363 e. The maximum atomic E-state index is 2.53. The molecule has 2 aliphatic heterocycles. The van der Waals surface area contributed by atoms with Gasteiger partial charge in [0.25, 0.3) is 0 Å². The van der Waals surface area contributed by atoms with Crippen molar-refractivity contribution in [2.24, 2.45) is 0 Å². The predicted octanol–water partition coefficient (Wildman–Crippen LogP) is 2.95. The minimum atomic E-state index is 1.26. The lowest BCUT2D eigenvalue weighted by atomic mass is 10.4. The average Bonchev–Trinajstić information content (AvgIpc) is 3.02. The lowest BCUT2D eigenvalue weighted by Crippen LogP contribution is -2.17. The molecule has 2 fully saturated rings. The van der Waals surface area contributed by atoms with Gasteiger partial charge >= 0.3 is 0 Å². The normalized spacial score (nSPS) is 21.6. The van der Waals surface area contributed by atoms with Crippen molar-refractivity contribution >= 4 is 21.3 Å². The van der Waals surface area contributed by atoms with E-state index in [0.717, 1.165) is 0 Å². The second-order valence-corrected chi connectivity index (χ2v) is 5.54. The first kappa shape index (κ1) is 9.52. The first-order chi connectivity index (χ1) is 7.43. The van der Waals surface area contributed by atoms with Gasteiger partial charge in [0.2, 0.25) is 0 Å². The number of hydrogen-bond acceptors (Lipinski definition) is 3. The van der Waals surface area contributed by atoms with Crippen LogP contribution in [0.15, 0.2) is 12.1 Å². The van der Waals surface area contributed by atoms with E-state index in [1.165, 1.54) is 61.9 Å². The highest BCUT2D eigenvalue weighted by Crippen LogP contribution is 2.35. The van der Waals surface area contributed by atoms with Crippen LogP contribution in [0.4, 0.5) is 10.0 Å². The highest BCUT2D eigenvalue weighted by Gasteiger charge is 2.18. The summed E-state index contributed by atoms with van der Waals surface area (Å²) in [5, 5.41) is 2.96. The Morgan fingerprint density at radius 2 is 1.13 bits per heavy atom. The van der Waals surface area contributed by atoms with Crippen LogP contribution in [0.3, 0.4) is 0 Å². The predicted molar refractivity (Wildman–Crippen MR) is 67.2 cm³/mol. The Bertz CT molecular complexity index is 292. The van der Waals surface area contributed by atoms with E-state index in [1.54, 1.807) is 0 Å². The first-order valence-corrected chi connectivity index (χ1v) is 6.85. The molecular weight excluding hydrogens is 204 g/mol. The van der Waals surface area contributed by atoms with Crippen LogP contribution in [0.2, 0.25) is 0 Å². The SMILES string of the molecule is c1cc(N2CCCC2)sc1N1CCCC1. The van der Waals surface area contributed by atoms with Crippen LogP contribution >= 0.6 is 11.3 Å². The summed E-state index contributed by atoms with van der Waals surface area (Å²) in [4.78, 5) is 5.06. The Labute approximate surface area is 95.5 Å². The number of thiophene rings is 1. The molecule has 0 aliphatic carbocycles. The molecule has 82 valence electrons. The van der Waals surface area contributed by atoms with Crippen molar-refractivity contribution in [3.63, 3.8) is 0 Å². The van der Waals surface area contributed by atoms with E-state index in [9.17, 15) is 0 Å². The number of nitrogens with zero attached hydrogens (tertiary/aromatic N) is 2. The number of anilines is 2. The summed E-state index contributed by atoms with van der Waals surface area (Å²) in [5.74, 6) is 0. The third-order valence-corrected chi connectivity index (χ3v) is 4.62. The van der Waals surface area contributed by atoms with Crippen LogP contribution in [0, 0.1) is 0 Å². The molecule has 0 bridgehead atoms. The van der Waals surface area contributed by atoms with Crippen molar-refractivity contribution in [1.82, 2.24) is 0 Å². The van der Waals surface area contributed by atoms with Crippen molar-refractivity contribution in [3.8, 4) is 0 Å². The summed E-state index contributed by atoms with van der Waals surface area (Å²) in [6.07, 6.45) is 5.49. The van der Waals surface area contributed by atoms with Crippen molar-refractivity contribution in [2.45, 2.75) is 25.7 Å². The molecule has 0 N–H and O–H groups in total. The summed E-state index contributed by atoms with van der Waals surface area (Å²) in [7, 11) is 0. The van der Waals surface area contributed by atoms with Crippen molar-refractivity contribution in [1.29, 1.82) is 0 Å². The molecule has 3 rings (SSSR count). The molecule has 0 aromatic carbocycles. The first-order valence-electron chi connectivity index (χ1n) is 6.03. The second kappa shape index (κ2) is 4.05. The maximum absolute atomic E-state index is 2.53. The Morgan fingerprint density at radius 3 is 1.53 bits per heavy atom. The van der Waals surface area contributed by atoms with E-state index < -0.39 is 0 Å². The molecule has 0 radical (unpaired) electrons. The highest BCUT2D eigenvalue weighted by atomic mass is 32.1. The van der Waals surface area contributed by atoms with Crippen molar-refractivity contribution in [2.75, 3.05) is 36.0 Å². The van der Waals surface area contributed by atoms with Gasteiger partial charge < -0.3 is 9.80 Å². The molecule has 15 heavy (non-hydrogen) atoms. The molecule has 3 heterocycles. The fourth-order valence-electron chi connectivity index (χ4n) is 2.53. The second-order valence-electron chi connectivity index (χ2n) is 4.50. The maximum Gasteiger partial charge on any atom is 0.0930 e. The summed E-state index contributed by atoms with van der Waals surface area (Å²) in [6.45, 7) is 5.06. The molecule has 0 amide bonds. The van der Waals surface area contributed by atoms with E-state index in [2.05, 4.69) is 21.9 Å². The Balaban J connectivity index is 1.74. The standard InChI is InChI=1S/C12H18N2S/c1-2-8-13(7-1)11-5-6-12(15-11)14-9-3-4-10-14/h5-6H,1-4,7-10H2. The molecule has 0 atom stereocenters. The van der Waals surface area contributed by atoms with E-state index in [0.29, 0.717) is 0 Å². The average molecular weight is 222 g/mol. The van der Waals surface area contributed by atoms with Gasteiger partial charge in [-0.3, -0.25) is 0 Å². The van der Waals surface area contributed by atoms with E-state index in [1.807, 2.05) is 11.3 Å². The topological polar surface area (TPSA) is 6.48 Å². The van der Waals surface area contributed by atoms with Crippen LogP contribution in [0.1, 0.15) is 25.7 Å². The summed E-state index contributed by atoms with van der Waals surface area (Å²) < 4.78 is 0. The molecule has 2 saturated heterocycles. The van der Waals surface area contributed by atoms with Gasteiger partial charge in [-0.25, -0.2) is 0 Å². The number of hydrogen-bond donors (Lipinski definition) is 0. The quantitative estimate of drug-likeness (QED) is 0.759. The monoisotopic (exact) mass is 222 g/mol. The minimum absolute atomic E-state index is 1.26. The van der Waals surface area contributed by atoms with Gasteiger partial charge in [0.05, 0.1) is 10.0 Å². The van der Waals surface area contributed by atoms with E-state index in [4.69, 9.17) is 0 Å². The third kappa shape index (κ3) is 1.85. The molecule has 1 aromatic heterocycles. The zero-order valence-electron chi connectivity index (χ0n) is 9.11. The van der Waals surface area contributed by atoms with E-state index >= 15 is 0 Å². The number of rotatable bonds is 2. The molecule has 1 aromatic rings. The Kier molecular flexibility index (Phi) is 2.57. The summed E-state index contributed by atoms with van der Waals surface area (Å²) in [5.41, 5.74) is 0.